The van der Waals surface area contributed by atoms with Crippen molar-refractivity contribution in [3.05, 3.63) is 10.4 Å². The number of carbonyl (C=O) groups is 10. The van der Waals surface area contributed by atoms with Gasteiger partial charge in [-0.3, -0.25) is 38.4 Å². The molecule has 8 amide bonds. The van der Waals surface area contributed by atoms with Crippen LogP contribution in [0.15, 0.2) is 5.11 Å². The van der Waals surface area contributed by atoms with E-state index in [0.29, 0.717) is 44.9 Å². The molecule has 0 aliphatic carbocycles. The van der Waals surface area contributed by atoms with E-state index in [-0.39, 0.29) is 193 Å². The van der Waals surface area contributed by atoms with E-state index in [2.05, 4.69) is 52.6 Å². The van der Waals surface area contributed by atoms with Gasteiger partial charge in [0.1, 0.15) is 65.9 Å². The maximum absolute atomic E-state index is 13.5. The molecule has 39 heteroatoms. The zero-order chi connectivity index (χ0) is 76.8. The van der Waals surface area contributed by atoms with Crippen molar-refractivity contribution in [3.63, 3.8) is 0 Å². The highest BCUT2D eigenvalue weighted by atomic mass is 16.7. The van der Waals surface area contributed by atoms with Gasteiger partial charge in [0.2, 0.25) is 47.3 Å². The molecule has 3 aliphatic rings. The van der Waals surface area contributed by atoms with Crippen LogP contribution >= 0.6 is 0 Å². The second-order valence-electron chi connectivity index (χ2n) is 25.7. The third-order valence-electron chi connectivity index (χ3n) is 16.8. The number of ether oxygens (including phenoxy) is 9. The number of hydrogen-bond acceptors (Lipinski definition) is 29. The van der Waals surface area contributed by atoms with Crippen molar-refractivity contribution < 1.29 is 137 Å². The fourth-order valence-corrected chi connectivity index (χ4v) is 11.2. The van der Waals surface area contributed by atoms with Crippen molar-refractivity contribution >= 4 is 58.8 Å². The monoisotopic (exact) mass is 1500 g/mol. The Kier molecular flexibility index (Phi) is 46.5. The number of carbonyl (C=O) groups excluding carboxylic acids is 10. The predicted molar refractivity (Wildman–Crippen MR) is 361 cm³/mol. The van der Waals surface area contributed by atoms with Crippen molar-refractivity contribution in [1.82, 2.24) is 42.5 Å². The highest BCUT2D eigenvalue weighted by Gasteiger charge is 2.48. The first-order chi connectivity index (χ1) is 49.8. The van der Waals surface area contributed by atoms with Gasteiger partial charge in [0.05, 0.1) is 84.7 Å². The normalized spacial score (nSPS) is 25.1. The molecule has 17 N–H and O–H groups in total. The highest BCUT2D eigenvalue weighted by Crippen LogP contribution is 2.32. The molecule has 0 aromatic heterocycles. The fourth-order valence-electron chi connectivity index (χ4n) is 11.2. The van der Waals surface area contributed by atoms with Gasteiger partial charge in [0.15, 0.2) is 18.9 Å². The third kappa shape index (κ3) is 36.8. The minimum absolute atomic E-state index is 0.00735. The van der Waals surface area contributed by atoms with Gasteiger partial charge in [0.25, 0.3) is 0 Å². The van der Waals surface area contributed by atoms with Crippen molar-refractivity contribution in [3.8, 4) is 0 Å². The molecule has 3 heterocycles. The Hall–Kier alpha value is -6.31. The summed E-state index contributed by atoms with van der Waals surface area (Å²) >= 11 is 0. The molecule has 0 bridgehead atoms. The molecule has 0 radical (unpaired) electrons. The molecular weight excluding hydrogens is 1380 g/mol. The van der Waals surface area contributed by atoms with E-state index in [4.69, 9.17) is 48.2 Å². The third-order valence-corrected chi connectivity index (χ3v) is 16.8. The lowest BCUT2D eigenvalue weighted by atomic mass is 9.87. The first-order valence-electron chi connectivity index (χ1n) is 35.4. The molecule has 16 atom stereocenters. The largest absolute Gasteiger partial charge is 0.394 e. The zero-order valence-electron chi connectivity index (χ0n) is 59.7. The molecule has 3 aliphatic heterocycles. The molecule has 0 spiro atoms. The zero-order valence-corrected chi connectivity index (χ0v) is 59.7. The second-order valence-corrected chi connectivity index (χ2v) is 25.7. The Labute approximate surface area is 603 Å². The summed E-state index contributed by atoms with van der Waals surface area (Å²) in [4.78, 5) is 128. The van der Waals surface area contributed by atoms with Crippen LogP contribution in [0.5, 0.6) is 0 Å². The Bertz CT molecular complexity index is 2530. The molecule has 596 valence electrons. The van der Waals surface area contributed by atoms with Crippen molar-refractivity contribution in [1.29, 1.82) is 0 Å². The SMILES string of the molecule is CC(=O)C[C@H]1[C@H](OCCCCC(=O)NCCCNC(=O)CCOCC(COCCC(=O)NCCCNC(=O)CCCCO[C@@H]2O[C@H](CO)[C@H](O)[C@H](O)[C@H]2NC(C)=O)(COCCC(=O)NCCCNC(=O)CCO[C@@H]2O[C@H](CO)[C@H](O)[C@H](O)[C@H]2CC(C)=O)NC(=O)CCCN=[N+]=[N-])O[C@H](CO)[C@H](O)[C@@H]1O. The molecule has 104 heavy (non-hydrogen) atoms. The van der Waals surface area contributed by atoms with Crippen molar-refractivity contribution in [2.75, 3.05) is 125 Å². The summed E-state index contributed by atoms with van der Waals surface area (Å²) in [5.41, 5.74) is 7.31. The smallest absolute Gasteiger partial charge is 0.222 e. The number of hydrogen-bond donors (Lipinski definition) is 17. The highest BCUT2D eigenvalue weighted by molar-refractivity contribution is 5.79. The minimum atomic E-state index is -1.48. The van der Waals surface area contributed by atoms with E-state index in [1.165, 1.54) is 20.8 Å². The lowest BCUT2D eigenvalue weighted by Crippen LogP contribution is -2.64. The van der Waals surface area contributed by atoms with E-state index in [9.17, 15) is 93.9 Å². The van der Waals surface area contributed by atoms with Crippen LogP contribution in [0, 0.1) is 11.8 Å². The summed E-state index contributed by atoms with van der Waals surface area (Å²) in [7, 11) is 0. The van der Waals surface area contributed by atoms with Gasteiger partial charge < -0.3 is 141 Å². The van der Waals surface area contributed by atoms with Gasteiger partial charge in [-0.05, 0) is 70.7 Å². The summed E-state index contributed by atoms with van der Waals surface area (Å²) in [6, 6.07) is -1.10. The summed E-state index contributed by atoms with van der Waals surface area (Å²) in [5.74, 6) is -5.48. The summed E-state index contributed by atoms with van der Waals surface area (Å²) in [6.45, 7) is 1.88. The molecule has 0 aromatic rings. The van der Waals surface area contributed by atoms with Gasteiger partial charge in [-0.25, -0.2) is 0 Å². The van der Waals surface area contributed by atoms with Crippen LogP contribution in [0.1, 0.15) is 130 Å². The Morgan fingerprint density at radius 1 is 0.413 bits per heavy atom. The average molecular weight is 1500 g/mol. The summed E-state index contributed by atoms with van der Waals surface area (Å²) < 4.78 is 51.7. The summed E-state index contributed by atoms with van der Waals surface area (Å²) in [6.07, 6.45) is -13.1. The van der Waals surface area contributed by atoms with Gasteiger partial charge in [-0.1, -0.05) is 5.11 Å². The van der Waals surface area contributed by atoms with E-state index >= 15 is 0 Å². The maximum Gasteiger partial charge on any atom is 0.222 e. The molecule has 0 aromatic carbocycles. The topological polar surface area (TPSA) is 581 Å². The van der Waals surface area contributed by atoms with Gasteiger partial charge in [0, 0.05) is 134 Å². The van der Waals surface area contributed by atoms with E-state index in [0.717, 1.165) is 0 Å². The minimum Gasteiger partial charge on any atom is -0.394 e. The van der Waals surface area contributed by atoms with Crippen LogP contribution in [0.2, 0.25) is 0 Å². The Balaban J connectivity index is 1.50. The van der Waals surface area contributed by atoms with Crippen molar-refractivity contribution in [2.45, 2.75) is 215 Å². The van der Waals surface area contributed by atoms with E-state index in [1.807, 2.05) is 0 Å². The molecule has 3 rings (SSSR count). The first kappa shape index (κ1) is 91.9. The number of rotatable bonds is 56. The summed E-state index contributed by atoms with van der Waals surface area (Å²) in [5, 5.41) is 116. The lowest BCUT2D eigenvalue weighted by molar-refractivity contribution is -0.285. The van der Waals surface area contributed by atoms with E-state index in [1.54, 1.807) is 0 Å². The lowest BCUT2D eigenvalue weighted by Gasteiger charge is -2.42. The van der Waals surface area contributed by atoms with Gasteiger partial charge in [-0.2, -0.15) is 0 Å². The van der Waals surface area contributed by atoms with Gasteiger partial charge >= 0.3 is 0 Å². The number of aliphatic hydroxyl groups is 9. The number of nitrogens with one attached hydrogen (secondary N) is 8. The maximum atomic E-state index is 13.5. The molecule has 0 saturated carbocycles. The number of Topliss-reactive ketones (excluding diaryl/α,β-unsaturated/α-hetero) is 2. The number of nitrogens with zero attached hydrogens (tertiary/aromatic N) is 3. The van der Waals surface area contributed by atoms with Crippen LogP contribution in [-0.4, -0.2) is 315 Å². The second kappa shape index (κ2) is 52.6. The number of unbranched alkanes of at least 4 members (excludes halogenated alkanes) is 2. The van der Waals surface area contributed by atoms with Crippen LogP contribution in [0.4, 0.5) is 0 Å². The Morgan fingerprint density at radius 2 is 0.750 bits per heavy atom. The first-order valence-corrected chi connectivity index (χ1v) is 35.4. The molecule has 39 nitrogen and oxygen atoms in total. The molecule has 1 unspecified atom stereocenters. The number of amides is 8. The quantitative estimate of drug-likeness (QED) is 0.0117. The fraction of sp³-hybridized carbons (Fsp3) is 0.846. The number of aliphatic hydroxyl groups excluding tert-OH is 9. The van der Waals surface area contributed by atoms with Crippen LogP contribution < -0.4 is 42.5 Å². The molecular formula is C65H113N11O28. The van der Waals surface area contributed by atoms with Crippen molar-refractivity contribution in [2.24, 2.45) is 17.0 Å². The average Bonchev–Trinajstić information content (AvgIpc) is 0.820. The van der Waals surface area contributed by atoms with Crippen LogP contribution in [0.3, 0.4) is 0 Å². The number of ketones is 2. The Morgan fingerprint density at radius 3 is 1.12 bits per heavy atom. The van der Waals surface area contributed by atoms with Crippen LogP contribution in [0.25, 0.3) is 10.4 Å². The molecule has 3 saturated heterocycles. The van der Waals surface area contributed by atoms with E-state index < -0.39 is 152 Å². The number of azide groups is 1. The molecule has 3 fully saturated rings. The predicted octanol–water partition coefficient (Wildman–Crippen LogP) is -5.19. The van der Waals surface area contributed by atoms with Crippen LogP contribution in [-0.2, 0) is 90.6 Å². The standard InChI is InChI=1S/C65H113N11O28/c1-40(80)32-43-56(90)58(92)45(34-77)102-62(43)99-26-6-4-12-48(83)67-19-9-21-69-50(85)15-28-96-37-65(75-54(89)14-8-25-73-76-66,39-98-30-17-52(87)71-23-11-24-72-53(88)18-31-101-63-44(33-41(2)81)57(91)59(93)46(35-78)103-63)38-97-29-16-51(86)70-22-10-20-68-49(84)13-5-7-27-100-64-55(74-42(3)82)61(95)60(94)47(36-79)104-64/h43-47,55-64,77-79,90-95H,4-39H2,1-3H3,(H,67,83)(H,68,84)(H,69,85)(H,70,86)(H,71,87)(H,72,88)(H,74,82)(H,75,89)/t43-,44-,45-,46-,47-,55-,56-,57-,58+,59+,60+,61-,62-,63-,64-,65?/m1/s1. The van der Waals surface area contributed by atoms with Gasteiger partial charge in [-0.15, -0.1) is 0 Å².